The van der Waals surface area contributed by atoms with E-state index in [1.807, 2.05) is 12.1 Å². The molecule has 0 spiro atoms. The third-order valence-corrected chi connectivity index (χ3v) is 6.51. The Morgan fingerprint density at radius 1 is 1.26 bits per heavy atom. The summed E-state index contributed by atoms with van der Waals surface area (Å²) in [4.78, 5) is 19.3. The van der Waals surface area contributed by atoms with Gasteiger partial charge in [0.05, 0.1) is 7.11 Å². The number of ether oxygens (including phenoxy) is 1. The number of H-pyrrole nitrogens is 1. The maximum absolute atomic E-state index is 13.3. The Hall–Kier alpha value is -2.07. The zero-order chi connectivity index (χ0) is 19.0. The monoisotopic (exact) mass is 366 g/mol. The fourth-order valence-electron chi connectivity index (χ4n) is 4.97. The maximum atomic E-state index is 13.3. The molecule has 2 unspecified atom stereocenters. The van der Waals surface area contributed by atoms with Crippen molar-refractivity contribution in [2.24, 2.45) is 11.8 Å². The molecule has 4 nitrogen and oxygen atoms in total. The highest BCUT2D eigenvalue weighted by Gasteiger charge is 2.41. The highest BCUT2D eigenvalue weighted by Crippen LogP contribution is 2.38. The number of nitrogens with zero attached hydrogens (tertiary/aromatic N) is 1. The van der Waals surface area contributed by atoms with Crippen LogP contribution in [-0.4, -0.2) is 42.4 Å². The van der Waals surface area contributed by atoms with Crippen molar-refractivity contribution >= 4 is 5.78 Å². The second-order valence-corrected chi connectivity index (χ2v) is 8.06. The van der Waals surface area contributed by atoms with Crippen LogP contribution in [0.5, 0.6) is 5.75 Å². The van der Waals surface area contributed by atoms with Gasteiger partial charge in [0, 0.05) is 36.0 Å². The van der Waals surface area contributed by atoms with Crippen LogP contribution in [-0.2, 0) is 19.3 Å². The Morgan fingerprint density at radius 2 is 2.04 bits per heavy atom. The van der Waals surface area contributed by atoms with Crippen molar-refractivity contribution in [3.05, 3.63) is 52.3 Å². The fraction of sp³-hybridized carbons (Fsp3) is 0.522. The Kier molecular flexibility index (Phi) is 5.09. The third-order valence-electron chi connectivity index (χ3n) is 6.51. The average Bonchev–Trinajstić information content (AvgIpc) is 3.02. The van der Waals surface area contributed by atoms with Crippen LogP contribution >= 0.6 is 0 Å². The quantitative estimate of drug-likeness (QED) is 0.875. The molecule has 1 N–H and O–H groups in total. The molecule has 2 atom stereocenters. The predicted octanol–water partition coefficient (Wildman–Crippen LogP) is 3.81. The lowest BCUT2D eigenvalue weighted by atomic mass is 9.72. The van der Waals surface area contributed by atoms with Crippen molar-refractivity contribution in [3.8, 4) is 5.75 Å². The molecule has 1 fully saturated rings. The highest BCUT2D eigenvalue weighted by atomic mass is 16.5. The number of aryl methyl sites for hydroxylation is 1. The van der Waals surface area contributed by atoms with Gasteiger partial charge in [0.1, 0.15) is 5.75 Å². The van der Waals surface area contributed by atoms with Gasteiger partial charge in [0.25, 0.3) is 0 Å². The molecule has 4 heteroatoms. The number of likely N-dealkylation sites (tertiary alicyclic amines) is 1. The minimum Gasteiger partial charge on any atom is -0.497 e. The number of fused-ring (bicyclic) bond motifs is 2. The SMILES string of the molecule is CCc1c(C)[nH]c2c1C(=O)C1CN(CCc3ccc(OC)cc3)CCC1C2. The minimum atomic E-state index is 0.169. The van der Waals surface area contributed by atoms with E-state index >= 15 is 0 Å². The number of nitrogens with one attached hydrogen (secondary N) is 1. The lowest BCUT2D eigenvalue weighted by Gasteiger charge is -2.40. The molecule has 1 aromatic heterocycles. The molecule has 27 heavy (non-hydrogen) atoms. The zero-order valence-corrected chi connectivity index (χ0v) is 16.7. The Balaban J connectivity index is 1.43. The maximum Gasteiger partial charge on any atom is 0.169 e. The number of aromatic nitrogens is 1. The number of ketones is 1. The number of benzene rings is 1. The van der Waals surface area contributed by atoms with Crippen LogP contribution in [0.3, 0.4) is 0 Å². The summed E-state index contributed by atoms with van der Waals surface area (Å²) < 4.78 is 5.23. The topological polar surface area (TPSA) is 45.3 Å². The normalized spacial score (nSPS) is 22.4. The Labute approximate surface area is 161 Å². The van der Waals surface area contributed by atoms with Crippen LogP contribution in [0.4, 0.5) is 0 Å². The second-order valence-electron chi connectivity index (χ2n) is 8.06. The second kappa shape index (κ2) is 7.51. The van der Waals surface area contributed by atoms with E-state index in [0.717, 1.165) is 56.6 Å². The summed E-state index contributed by atoms with van der Waals surface area (Å²) >= 11 is 0. The van der Waals surface area contributed by atoms with Crippen LogP contribution in [0.25, 0.3) is 0 Å². The van der Waals surface area contributed by atoms with Gasteiger partial charge in [0.2, 0.25) is 0 Å². The van der Waals surface area contributed by atoms with E-state index in [0.29, 0.717) is 11.7 Å². The van der Waals surface area contributed by atoms with Gasteiger partial charge < -0.3 is 14.6 Å². The summed E-state index contributed by atoms with van der Waals surface area (Å²) in [7, 11) is 1.70. The molecule has 2 heterocycles. The number of aromatic amines is 1. The van der Waals surface area contributed by atoms with Gasteiger partial charge in [-0.3, -0.25) is 4.79 Å². The number of methoxy groups -OCH3 is 1. The molecule has 144 valence electrons. The van der Waals surface area contributed by atoms with Crippen molar-refractivity contribution < 1.29 is 9.53 Å². The molecule has 0 amide bonds. The third kappa shape index (κ3) is 3.43. The summed E-state index contributed by atoms with van der Waals surface area (Å²) in [5.74, 6) is 1.96. The van der Waals surface area contributed by atoms with E-state index in [9.17, 15) is 4.79 Å². The number of hydrogen-bond donors (Lipinski definition) is 1. The lowest BCUT2D eigenvalue weighted by Crippen LogP contribution is -2.47. The van der Waals surface area contributed by atoms with E-state index in [-0.39, 0.29) is 5.92 Å². The summed E-state index contributed by atoms with van der Waals surface area (Å²) in [6, 6.07) is 8.32. The number of rotatable bonds is 5. The van der Waals surface area contributed by atoms with E-state index in [1.54, 1.807) is 7.11 Å². The van der Waals surface area contributed by atoms with Gasteiger partial charge in [-0.1, -0.05) is 19.1 Å². The number of Topliss-reactive ketones (excluding diaryl/α,β-unsaturated/α-hetero) is 1. The molecule has 0 radical (unpaired) electrons. The molecule has 1 saturated heterocycles. The standard InChI is InChI=1S/C23H30N2O2/c1-4-19-15(2)24-21-13-17-10-12-25(14-20(17)23(26)22(19)21)11-9-16-5-7-18(27-3)8-6-16/h5-8,17,20,24H,4,9-14H2,1-3H3. The van der Waals surface area contributed by atoms with Gasteiger partial charge in [-0.2, -0.15) is 0 Å². The fourth-order valence-corrected chi connectivity index (χ4v) is 4.97. The molecule has 2 aromatic rings. The van der Waals surface area contributed by atoms with Crippen molar-refractivity contribution in [2.45, 2.75) is 39.5 Å². The van der Waals surface area contributed by atoms with Crippen LogP contribution in [0.2, 0.25) is 0 Å². The highest BCUT2D eigenvalue weighted by molar-refractivity contribution is 6.02. The van der Waals surface area contributed by atoms with E-state index < -0.39 is 0 Å². The van der Waals surface area contributed by atoms with Crippen molar-refractivity contribution in [3.63, 3.8) is 0 Å². The largest absolute Gasteiger partial charge is 0.497 e. The predicted molar refractivity (Wildman–Crippen MR) is 108 cm³/mol. The molecule has 2 aliphatic rings. The van der Waals surface area contributed by atoms with Crippen molar-refractivity contribution in [1.29, 1.82) is 0 Å². The van der Waals surface area contributed by atoms with Gasteiger partial charge >= 0.3 is 0 Å². The van der Waals surface area contributed by atoms with Crippen LogP contribution < -0.4 is 4.74 Å². The van der Waals surface area contributed by atoms with Gasteiger partial charge in [-0.25, -0.2) is 0 Å². The molecular formula is C23H30N2O2. The molecule has 0 saturated carbocycles. The summed E-state index contributed by atoms with van der Waals surface area (Å²) in [5, 5.41) is 0. The van der Waals surface area contributed by atoms with Gasteiger partial charge in [-0.15, -0.1) is 0 Å². The molecule has 1 aliphatic carbocycles. The zero-order valence-electron chi connectivity index (χ0n) is 16.7. The van der Waals surface area contributed by atoms with E-state index in [1.165, 1.54) is 22.5 Å². The average molecular weight is 367 g/mol. The summed E-state index contributed by atoms with van der Waals surface area (Å²) in [5.41, 5.74) is 5.97. The first kappa shape index (κ1) is 18.3. The summed E-state index contributed by atoms with van der Waals surface area (Å²) in [6.45, 7) is 7.28. The Bertz CT molecular complexity index is 822. The van der Waals surface area contributed by atoms with Crippen LogP contribution in [0.15, 0.2) is 24.3 Å². The van der Waals surface area contributed by atoms with E-state index in [4.69, 9.17) is 4.74 Å². The Morgan fingerprint density at radius 3 is 2.74 bits per heavy atom. The van der Waals surface area contributed by atoms with Crippen LogP contribution in [0, 0.1) is 18.8 Å². The van der Waals surface area contributed by atoms with Crippen molar-refractivity contribution in [2.75, 3.05) is 26.7 Å². The van der Waals surface area contributed by atoms with Gasteiger partial charge in [-0.05, 0) is 68.3 Å². The van der Waals surface area contributed by atoms with Gasteiger partial charge in [0.15, 0.2) is 5.78 Å². The van der Waals surface area contributed by atoms with Crippen molar-refractivity contribution in [1.82, 2.24) is 9.88 Å². The molecule has 1 aliphatic heterocycles. The molecule has 4 rings (SSSR count). The lowest BCUT2D eigenvalue weighted by molar-refractivity contribution is 0.0662. The number of carbonyl (C=O) groups excluding carboxylic acids is 1. The first-order valence-corrected chi connectivity index (χ1v) is 10.2. The number of hydrogen-bond acceptors (Lipinski definition) is 3. The number of piperidine rings is 1. The first-order valence-electron chi connectivity index (χ1n) is 10.2. The molecule has 1 aromatic carbocycles. The first-order chi connectivity index (χ1) is 13.1. The minimum absolute atomic E-state index is 0.169. The summed E-state index contributed by atoms with van der Waals surface area (Å²) in [6.07, 6.45) is 4.11. The van der Waals surface area contributed by atoms with Crippen LogP contribution in [0.1, 0.15) is 46.2 Å². The number of carbonyl (C=O) groups is 1. The van der Waals surface area contributed by atoms with E-state index in [2.05, 4.69) is 35.9 Å². The molecular weight excluding hydrogens is 336 g/mol. The molecule has 0 bridgehead atoms. The smallest absolute Gasteiger partial charge is 0.169 e.